The molecular formula is C22H26N6O2. The summed E-state index contributed by atoms with van der Waals surface area (Å²) in [4.78, 5) is 26.2. The molecule has 1 aliphatic rings. The highest BCUT2D eigenvalue weighted by Crippen LogP contribution is 2.28. The quantitative estimate of drug-likeness (QED) is 0.648. The number of likely N-dealkylation sites (tertiary alicyclic amines) is 1. The normalized spacial score (nSPS) is 16.3. The van der Waals surface area contributed by atoms with E-state index in [-0.39, 0.29) is 5.91 Å². The van der Waals surface area contributed by atoms with Crippen LogP contribution in [-0.2, 0) is 0 Å². The molecule has 8 heteroatoms. The average Bonchev–Trinajstić information content (AvgIpc) is 3.41. The second-order valence-corrected chi connectivity index (χ2v) is 7.65. The average molecular weight is 406 g/mol. The van der Waals surface area contributed by atoms with Gasteiger partial charge in [-0.3, -0.25) is 4.79 Å². The molecule has 0 bridgehead atoms. The Morgan fingerprint density at radius 1 is 1.23 bits per heavy atom. The standard InChI is InChI=1S/C22H26N6O2/c1-15-18(21(29)27-12-10-16(14-27)26(2)3)13-24-28(15)22-23-11-9-19(25-22)17-7-5-6-8-20(17)30-4/h5-9,11,13,16H,10,12,14H2,1-4H3/t16-/m1/s1. The third-order valence-electron chi connectivity index (χ3n) is 5.64. The maximum Gasteiger partial charge on any atom is 0.257 e. The van der Waals surface area contributed by atoms with Crippen molar-refractivity contribution in [1.82, 2.24) is 29.5 Å². The highest BCUT2D eigenvalue weighted by Gasteiger charge is 2.30. The first-order valence-corrected chi connectivity index (χ1v) is 9.96. The van der Waals surface area contributed by atoms with Gasteiger partial charge >= 0.3 is 0 Å². The number of nitrogens with zero attached hydrogens (tertiary/aromatic N) is 6. The van der Waals surface area contributed by atoms with Crippen molar-refractivity contribution in [1.29, 1.82) is 0 Å². The van der Waals surface area contributed by atoms with E-state index < -0.39 is 0 Å². The van der Waals surface area contributed by atoms with E-state index in [2.05, 4.69) is 20.0 Å². The number of aromatic nitrogens is 4. The third kappa shape index (κ3) is 3.66. The summed E-state index contributed by atoms with van der Waals surface area (Å²) in [6.07, 6.45) is 4.28. The number of carbonyl (C=O) groups is 1. The zero-order valence-electron chi connectivity index (χ0n) is 17.7. The van der Waals surface area contributed by atoms with E-state index >= 15 is 0 Å². The predicted molar refractivity (Wildman–Crippen MR) is 114 cm³/mol. The molecule has 3 heterocycles. The lowest BCUT2D eigenvalue weighted by atomic mass is 10.1. The van der Waals surface area contributed by atoms with Crippen molar-refractivity contribution in [2.24, 2.45) is 0 Å². The van der Waals surface area contributed by atoms with Gasteiger partial charge in [0.05, 0.1) is 30.3 Å². The van der Waals surface area contributed by atoms with Gasteiger partial charge in [0.15, 0.2) is 0 Å². The third-order valence-corrected chi connectivity index (χ3v) is 5.64. The van der Waals surface area contributed by atoms with E-state index in [9.17, 15) is 4.79 Å². The summed E-state index contributed by atoms with van der Waals surface area (Å²) >= 11 is 0. The van der Waals surface area contributed by atoms with Gasteiger partial charge in [-0.15, -0.1) is 0 Å². The summed E-state index contributed by atoms with van der Waals surface area (Å²) in [5.74, 6) is 1.16. The lowest BCUT2D eigenvalue weighted by Crippen LogP contribution is -2.34. The molecule has 156 valence electrons. The zero-order chi connectivity index (χ0) is 21.3. The van der Waals surface area contributed by atoms with E-state index in [1.165, 1.54) is 0 Å². The van der Waals surface area contributed by atoms with Crippen molar-refractivity contribution < 1.29 is 9.53 Å². The number of hydrogen-bond acceptors (Lipinski definition) is 6. The number of rotatable bonds is 5. The van der Waals surface area contributed by atoms with Crippen LogP contribution in [0.3, 0.4) is 0 Å². The smallest absolute Gasteiger partial charge is 0.257 e. The molecule has 8 nitrogen and oxygen atoms in total. The van der Waals surface area contributed by atoms with E-state index in [1.54, 1.807) is 24.2 Å². The number of ether oxygens (including phenoxy) is 1. The second-order valence-electron chi connectivity index (χ2n) is 7.65. The highest BCUT2D eigenvalue weighted by molar-refractivity contribution is 5.95. The predicted octanol–water partition coefficient (Wildman–Crippen LogP) is 2.42. The van der Waals surface area contributed by atoms with Gasteiger partial charge in [0.1, 0.15) is 5.75 Å². The summed E-state index contributed by atoms with van der Waals surface area (Å²) in [5, 5.41) is 4.41. The molecular weight excluding hydrogens is 380 g/mol. The van der Waals surface area contributed by atoms with Gasteiger partial charge in [-0.25, -0.2) is 14.6 Å². The van der Waals surface area contributed by atoms with E-state index in [0.29, 0.717) is 17.6 Å². The Morgan fingerprint density at radius 2 is 2.03 bits per heavy atom. The van der Waals surface area contributed by atoms with Gasteiger partial charge in [0, 0.05) is 30.9 Å². The minimum atomic E-state index is 0.00369. The topological polar surface area (TPSA) is 76.4 Å². The molecule has 0 spiro atoms. The number of para-hydroxylation sites is 1. The van der Waals surface area contributed by atoms with Crippen LogP contribution in [0.25, 0.3) is 17.2 Å². The lowest BCUT2D eigenvalue weighted by Gasteiger charge is -2.20. The van der Waals surface area contributed by atoms with Crippen molar-refractivity contribution in [2.75, 3.05) is 34.3 Å². The molecule has 1 fully saturated rings. The monoisotopic (exact) mass is 406 g/mol. The van der Waals surface area contributed by atoms with Crippen LogP contribution in [0, 0.1) is 6.92 Å². The number of amides is 1. The van der Waals surface area contributed by atoms with Gasteiger partial charge < -0.3 is 14.5 Å². The maximum absolute atomic E-state index is 13.0. The Kier molecular flexibility index (Phi) is 5.50. The summed E-state index contributed by atoms with van der Waals surface area (Å²) in [6, 6.07) is 9.92. The van der Waals surface area contributed by atoms with E-state index in [1.807, 2.05) is 56.3 Å². The van der Waals surface area contributed by atoms with Crippen LogP contribution in [0.5, 0.6) is 5.75 Å². The molecule has 1 aromatic carbocycles. The molecule has 0 unspecified atom stereocenters. The minimum absolute atomic E-state index is 0.00369. The lowest BCUT2D eigenvalue weighted by molar-refractivity contribution is 0.0782. The minimum Gasteiger partial charge on any atom is -0.496 e. The van der Waals surface area contributed by atoms with Gasteiger partial charge in [-0.1, -0.05) is 12.1 Å². The van der Waals surface area contributed by atoms with Crippen molar-refractivity contribution >= 4 is 5.91 Å². The second kappa shape index (κ2) is 8.23. The van der Waals surface area contributed by atoms with E-state index in [4.69, 9.17) is 4.74 Å². The molecule has 0 radical (unpaired) electrons. The van der Waals surface area contributed by atoms with Gasteiger partial charge in [-0.05, 0) is 45.6 Å². The van der Waals surface area contributed by atoms with Crippen LogP contribution in [-0.4, -0.2) is 75.8 Å². The first kappa shape index (κ1) is 20.0. The van der Waals surface area contributed by atoms with Crippen LogP contribution in [0.15, 0.2) is 42.7 Å². The molecule has 1 saturated heterocycles. The molecule has 1 amide bonds. The SMILES string of the molecule is COc1ccccc1-c1ccnc(-n2ncc(C(=O)N3CC[C@@H](N(C)C)C3)c2C)n1. The summed E-state index contributed by atoms with van der Waals surface area (Å²) in [5.41, 5.74) is 2.91. The van der Waals surface area contributed by atoms with Crippen LogP contribution in [0.2, 0.25) is 0 Å². The molecule has 0 N–H and O–H groups in total. The Bertz CT molecular complexity index is 1060. The number of likely N-dealkylation sites (N-methyl/N-ethyl adjacent to an activating group) is 1. The van der Waals surface area contributed by atoms with Gasteiger partial charge in [0.2, 0.25) is 0 Å². The van der Waals surface area contributed by atoms with Crippen molar-refractivity contribution in [3.63, 3.8) is 0 Å². The number of methoxy groups -OCH3 is 1. The largest absolute Gasteiger partial charge is 0.496 e. The van der Waals surface area contributed by atoms with Gasteiger partial charge in [0.25, 0.3) is 11.9 Å². The summed E-state index contributed by atoms with van der Waals surface area (Å²) in [7, 11) is 5.73. The van der Waals surface area contributed by atoms with E-state index in [0.717, 1.165) is 42.2 Å². The van der Waals surface area contributed by atoms with Crippen LogP contribution in [0.1, 0.15) is 22.5 Å². The molecule has 2 aromatic heterocycles. The molecule has 0 saturated carbocycles. The summed E-state index contributed by atoms with van der Waals surface area (Å²) in [6.45, 7) is 3.36. The Balaban J connectivity index is 1.62. The fourth-order valence-corrected chi connectivity index (χ4v) is 3.80. The van der Waals surface area contributed by atoms with Crippen molar-refractivity contribution in [3.8, 4) is 23.0 Å². The zero-order valence-corrected chi connectivity index (χ0v) is 17.7. The first-order chi connectivity index (χ1) is 14.5. The van der Waals surface area contributed by atoms with Crippen LogP contribution >= 0.6 is 0 Å². The van der Waals surface area contributed by atoms with Crippen molar-refractivity contribution in [2.45, 2.75) is 19.4 Å². The molecule has 1 aliphatic heterocycles. The molecule has 1 atom stereocenters. The maximum atomic E-state index is 13.0. The molecule has 30 heavy (non-hydrogen) atoms. The van der Waals surface area contributed by atoms with Gasteiger partial charge in [-0.2, -0.15) is 5.10 Å². The van der Waals surface area contributed by atoms with Crippen molar-refractivity contribution in [3.05, 3.63) is 54.0 Å². The van der Waals surface area contributed by atoms with Crippen LogP contribution in [0.4, 0.5) is 0 Å². The number of carbonyl (C=O) groups excluding carboxylic acids is 1. The fraction of sp³-hybridized carbons (Fsp3) is 0.364. The first-order valence-electron chi connectivity index (χ1n) is 9.96. The highest BCUT2D eigenvalue weighted by atomic mass is 16.5. The number of benzene rings is 1. The Hall–Kier alpha value is -3.26. The summed E-state index contributed by atoms with van der Waals surface area (Å²) < 4.78 is 7.07. The Labute approximate surface area is 176 Å². The Morgan fingerprint density at radius 3 is 2.77 bits per heavy atom. The fourth-order valence-electron chi connectivity index (χ4n) is 3.80. The molecule has 0 aliphatic carbocycles. The number of hydrogen-bond donors (Lipinski definition) is 0. The van der Waals surface area contributed by atoms with Crippen LogP contribution < -0.4 is 4.74 Å². The molecule has 4 rings (SSSR count). The molecule has 3 aromatic rings.